The van der Waals surface area contributed by atoms with Crippen molar-refractivity contribution < 1.29 is 13.5 Å². The third-order valence-electron chi connectivity index (χ3n) is 5.22. The molecule has 0 aliphatic heterocycles. The summed E-state index contributed by atoms with van der Waals surface area (Å²) in [6, 6.07) is 32.0. The van der Waals surface area contributed by atoms with E-state index in [-0.39, 0.29) is 4.90 Å². The van der Waals surface area contributed by atoms with Gasteiger partial charge in [0.15, 0.2) is 0 Å². The quantitative estimate of drug-likeness (QED) is 0.420. The number of anilines is 1. The van der Waals surface area contributed by atoms with Crippen molar-refractivity contribution in [1.82, 2.24) is 0 Å². The van der Waals surface area contributed by atoms with Crippen LogP contribution in [0.1, 0.15) is 22.3 Å². The van der Waals surface area contributed by atoms with Crippen molar-refractivity contribution in [3.05, 3.63) is 131 Å². The molecule has 156 valence electrons. The third kappa shape index (κ3) is 4.10. The number of aryl methyl sites for hydroxylation is 1. The van der Waals surface area contributed by atoms with E-state index in [9.17, 15) is 13.5 Å². The fourth-order valence-corrected chi connectivity index (χ4v) is 5.01. The molecule has 0 saturated heterocycles. The van der Waals surface area contributed by atoms with Crippen molar-refractivity contribution in [3.63, 3.8) is 0 Å². The Balaban J connectivity index is 1.96. The first-order valence-corrected chi connectivity index (χ1v) is 11.4. The lowest BCUT2D eigenvalue weighted by atomic mass is 9.80. The number of para-hydroxylation sites is 1. The van der Waals surface area contributed by atoms with E-state index in [0.29, 0.717) is 22.4 Å². The molecule has 0 saturated carbocycles. The molecule has 0 spiro atoms. The molecule has 5 heteroatoms. The second-order valence-electron chi connectivity index (χ2n) is 7.41. The molecule has 4 nitrogen and oxygen atoms in total. The van der Waals surface area contributed by atoms with Crippen molar-refractivity contribution >= 4 is 15.7 Å². The molecular formula is C26H23NO3S. The van der Waals surface area contributed by atoms with E-state index in [1.807, 2.05) is 49.4 Å². The maximum Gasteiger partial charge on any atom is 0.262 e. The maximum absolute atomic E-state index is 13.4. The molecule has 0 radical (unpaired) electrons. The van der Waals surface area contributed by atoms with E-state index in [0.717, 1.165) is 5.56 Å². The topological polar surface area (TPSA) is 66.4 Å². The number of hydrogen-bond acceptors (Lipinski definition) is 3. The Bertz CT molecular complexity index is 1230. The van der Waals surface area contributed by atoms with E-state index in [1.165, 1.54) is 0 Å². The zero-order valence-electron chi connectivity index (χ0n) is 17.1. The minimum absolute atomic E-state index is 0.0251. The highest BCUT2D eigenvalue weighted by molar-refractivity contribution is 7.92. The molecule has 0 bridgehead atoms. The average molecular weight is 430 g/mol. The first-order valence-electron chi connectivity index (χ1n) is 9.94. The lowest BCUT2D eigenvalue weighted by Crippen LogP contribution is -2.32. The Morgan fingerprint density at radius 3 is 1.71 bits per heavy atom. The maximum atomic E-state index is 13.4. The van der Waals surface area contributed by atoms with Crippen molar-refractivity contribution in [2.45, 2.75) is 17.4 Å². The number of nitrogens with one attached hydrogen (secondary N) is 1. The fraction of sp³-hybridized carbons (Fsp3) is 0.0769. The highest BCUT2D eigenvalue weighted by Gasteiger charge is 2.38. The summed E-state index contributed by atoms with van der Waals surface area (Å²) in [7, 11) is -3.97. The van der Waals surface area contributed by atoms with Crippen LogP contribution in [0.3, 0.4) is 0 Å². The molecule has 0 aliphatic rings. The van der Waals surface area contributed by atoms with Crippen LogP contribution in [0.5, 0.6) is 0 Å². The number of rotatable bonds is 6. The molecule has 31 heavy (non-hydrogen) atoms. The van der Waals surface area contributed by atoms with Crippen LogP contribution in [0.4, 0.5) is 5.69 Å². The zero-order chi connectivity index (χ0) is 21.9. The lowest BCUT2D eigenvalue weighted by Gasteiger charge is -2.32. The average Bonchev–Trinajstić information content (AvgIpc) is 2.80. The zero-order valence-corrected chi connectivity index (χ0v) is 17.9. The Morgan fingerprint density at radius 1 is 0.710 bits per heavy atom. The van der Waals surface area contributed by atoms with Crippen LogP contribution < -0.4 is 4.72 Å². The van der Waals surface area contributed by atoms with Crippen LogP contribution in [0, 0.1) is 6.92 Å². The summed E-state index contributed by atoms with van der Waals surface area (Å²) >= 11 is 0. The van der Waals surface area contributed by atoms with Crippen LogP contribution in [0.15, 0.2) is 114 Å². The number of sulfonamides is 1. The summed E-state index contributed by atoms with van der Waals surface area (Å²) in [6.45, 7) is 1.88. The van der Waals surface area contributed by atoms with Gasteiger partial charge in [-0.15, -0.1) is 0 Å². The van der Waals surface area contributed by atoms with E-state index >= 15 is 0 Å². The summed E-state index contributed by atoms with van der Waals surface area (Å²) in [5.74, 6) is 0. The SMILES string of the molecule is Cc1ccc(S(=O)(=O)Nc2ccccc2)c(C(O)(c2ccccc2)c2ccccc2)c1. The first kappa shape index (κ1) is 20.8. The predicted molar refractivity (Wildman–Crippen MR) is 123 cm³/mol. The van der Waals surface area contributed by atoms with Crippen LogP contribution in [0.2, 0.25) is 0 Å². The van der Waals surface area contributed by atoms with Gasteiger partial charge >= 0.3 is 0 Å². The highest BCUT2D eigenvalue weighted by atomic mass is 32.2. The van der Waals surface area contributed by atoms with Crippen molar-refractivity contribution in [3.8, 4) is 0 Å². The van der Waals surface area contributed by atoms with Gasteiger partial charge in [-0.05, 0) is 36.2 Å². The Kier molecular flexibility index (Phi) is 5.63. The molecule has 0 amide bonds. The van der Waals surface area contributed by atoms with Gasteiger partial charge in [-0.2, -0.15) is 0 Å². The monoisotopic (exact) mass is 429 g/mol. The van der Waals surface area contributed by atoms with Crippen LogP contribution >= 0.6 is 0 Å². The van der Waals surface area contributed by atoms with Gasteiger partial charge in [-0.1, -0.05) is 96.6 Å². The molecule has 4 rings (SSSR count). The number of hydrogen-bond donors (Lipinski definition) is 2. The molecule has 2 N–H and O–H groups in total. The summed E-state index contributed by atoms with van der Waals surface area (Å²) in [5.41, 5.74) is 1.12. The predicted octanol–water partition coefficient (Wildman–Crippen LogP) is 5.08. The summed E-state index contributed by atoms with van der Waals surface area (Å²) in [4.78, 5) is 0.0251. The van der Waals surface area contributed by atoms with Gasteiger partial charge in [-0.25, -0.2) is 8.42 Å². The molecule has 0 atom stereocenters. The number of benzene rings is 4. The molecule has 0 fully saturated rings. The van der Waals surface area contributed by atoms with Gasteiger partial charge < -0.3 is 5.11 Å². The number of aliphatic hydroxyl groups is 1. The van der Waals surface area contributed by atoms with E-state index in [1.54, 1.807) is 66.7 Å². The standard InChI is InChI=1S/C26H23NO3S/c1-20-17-18-25(31(29,30)27-23-15-9-4-10-16-23)24(19-20)26(28,21-11-5-2-6-12-21)22-13-7-3-8-14-22/h2-19,27-28H,1H3. The fourth-order valence-electron chi connectivity index (χ4n) is 3.71. The Morgan fingerprint density at radius 2 is 1.19 bits per heavy atom. The third-order valence-corrected chi connectivity index (χ3v) is 6.66. The van der Waals surface area contributed by atoms with Gasteiger partial charge in [-0.3, -0.25) is 4.72 Å². The van der Waals surface area contributed by atoms with Gasteiger partial charge in [0.05, 0.1) is 4.90 Å². The molecule has 4 aromatic rings. The lowest BCUT2D eigenvalue weighted by molar-refractivity contribution is 0.122. The minimum Gasteiger partial charge on any atom is -0.376 e. The van der Waals surface area contributed by atoms with Crippen molar-refractivity contribution in [2.24, 2.45) is 0 Å². The molecule has 0 aromatic heterocycles. The Labute approximate surface area is 182 Å². The van der Waals surface area contributed by atoms with Crippen molar-refractivity contribution in [1.29, 1.82) is 0 Å². The smallest absolute Gasteiger partial charge is 0.262 e. The van der Waals surface area contributed by atoms with Crippen LogP contribution in [0.25, 0.3) is 0 Å². The largest absolute Gasteiger partial charge is 0.376 e. The van der Waals surface area contributed by atoms with Gasteiger partial charge in [0.25, 0.3) is 10.0 Å². The van der Waals surface area contributed by atoms with Crippen LogP contribution in [-0.2, 0) is 15.6 Å². The molecular weight excluding hydrogens is 406 g/mol. The minimum atomic E-state index is -3.97. The summed E-state index contributed by atoms with van der Waals surface area (Å²) in [6.07, 6.45) is 0. The molecule has 0 unspecified atom stereocenters. The highest BCUT2D eigenvalue weighted by Crippen LogP contribution is 2.40. The van der Waals surface area contributed by atoms with E-state index < -0.39 is 15.6 Å². The van der Waals surface area contributed by atoms with Crippen LogP contribution in [-0.4, -0.2) is 13.5 Å². The second-order valence-corrected chi connectivity index (χ2v) is 9.06. The molecule has 4 aromatic carbocycles. The van der Waals surface area contributed by atoms with Gasteiger partial charge in [0, 0.05) is 11.3 Å². The molecule has 0 heterocycles. The van der Waals surface area contributed by atoms with Crippen molar-refractivity contribution in [2.75, 3.05) is 4.72 Å². The summed E-state index contributed by atoms with van der Waals surface area (Å²) in [5, 5.41) is 12.2. The van der Waals surface area contributed by atoms with Gasteiger partial charge in [0.1, 0.15) is 5.60 Å². The summed E-state index contributed by atoms with van der Waals surface area (Å²) < 4.78 is 29.5. The molecule has 0 aliphatic carbocycles. The van der Waals surface area contributed by atoms with E-state index in [2.05, 4.69) is 4.72 Å². The van der Waals surface area contributed by atoms with E-state index in [4.69, 9.17) is 0 Å². The Hall–Kier alpha value is -3.41. The second kappa shape index (κ2) is 8.38. The van der Waals surface area contributed by atoms with Gasteiger partial charge in [0.2, 0.25) is 0 Å². The first-order chi connectivity index (χ1) is 14.9. The normalized spacial score (nSPS) is 11.8.